The van der Waals surface area contributed by atoms with Gasteiger partial charge in [0.1, 0.15) is 11.8 Å². The van der Waals surface area contributed by atoms with Gasteiger partial charge in [-0.05, 0) is 60.4 Å². The molecule has 10 heteroatoms. The van der Waals surface area contributed by atoms with E-state index in [0.29, 0.717) is 5.02 Å². The van der Waals surface area contributed by atoms with E-state index in [1.54, 1.807) is 36.4 Å². The summed E-state index contributed by atoms with van der Waals surface area (Å²) in [5, 5.41) is 22.3. The van der Waals surface area contributed by atoms with Crippen molar-refractivity contribution >= 4 is 33.5 Å². The molecule has 0 radical (unpaired) electrons. The average molecular weight is 503 g/mol. The number of halogens is 1. The van der Waals surface area contributed by atoms with Crippen molar-refractivity contribution in [1.29, 1.82) is 0 Å². The lowest BCUT2D eigenvalue weighted by Gasteiger charge is -2.15. The monoisotopic (exact) mass is 502 g/mol. The number of phenolic OH excluding ortho intramolecular Hbond substituents is 1. The van der Waals surface area contributed by atoms with Crippen LogP contribution in [-0.2, 0) is 14.8 Å². The molecule has 8 nitrogen and oxygen atoms in total. The molecule has 0 aliphatic carbocycles. The first-order chi connectivity index (χ1) is 16.2. The highest BCUT2D eigenvalue weighted by molar-refractivity contribution is 7.89. The second kappa shape index (κ2) is 11.1. The van der Waals surface area contributed by atoms with Crippen LogP contribution in [0, 0.1) is 0 Å². The fourth-order valence-electron chi connectivity index (χ4n) is 3.23. The maximum atomic E-state index is 12.7. The van der Waals surface area contributed by atoms with Gasteiger partial charge in [-0.15, -0.1) is 0 Å². The molecule has 34 heavy (non-hydrogen) atoms. The van der Waals surface area contributed by atoms with Crippen LogP contribution in [0.1, 0.15) is 23.2 Å². The second-order valence-electron chi connectivity index (χ2n) is 7.46. The van der Waals surface area contributed by atoms with Crippen LogP contribution >= 0.6 is 11.6 Å². The van der Waals surface area contributed by atoms with E-state index in [4.69, 9.17) is 11.6 Å². The van der Waals surface area contributed by atoms with Gasteiger partial charge in [-0.3, -0.25) is 9.59 Å². The first-order valence-corrected chi connectivity index (χ1v) is 12.2. The highest BCUT2D eigenvalue weighted by atomic mass is 35.5. The first kappa shape index (κ1) is 25.2. The molecule has 178 valence electrons. The Balaban J connectivity index is 1.58. The molecule has 3 aromatic rings. The van der Waals surface area contributed by atoms with Crippen molar-refractivity contribution in [3.63, 3.8) is 0 Å². The quantitative estimate of drug-likeness (QED) is 0.313. The van der Waals surface area contributed by atoms with Crippen molar-refractivity contribution in [3.8, 4) is 16.9 Å². The van der Waals surface area contributed by atoms with E-state index in [-0.39, 0.29) is 35.6 Å². The maximum absolute atomic E-state index is 12.7. The highest BCUT2D eigenvalue weighted by Crippen LogP contribution is 2.23. The smallest absolute Gasteiger partial charge is 0.321 e. The van der Waals surface area contributed by atoms with Crippen molar-refractivity contribution in [3.05, 3.63) is 83.4 Å². The molecular formula is C24H23ClN2O6S. The summed E-state index contributed by atoms with van der Waals surface area (Å²) in [6.07, 6.45) is 0.160. The SMILES string of the molecule is O=C(NCCC[C@H](NS(=O)(=O)c1ccc(-c2ccc(Cl)cc2)cc1)C(=O)O)c1ccccc1O. The lowest BCUT2D eigenvalue weighted by Crippen LogP contribution is -2.41. The molecule has 0 unspecified atom stereocenters. The molecule has 0 aromatic heterocycles. The van der Waals surface area contributed by atoms with Crippen LogP contribution in [0.25, 0.3) is 11.1 Å². The minimum absolute atomic E-state index is 0.0432. The van der Waals surface area contributed by atoms with Gasteiger partial charge >= 0.3 is 5.97 Å². The van der Waals surface area contributed by atoms with Crippen LogP contribution in [0.4, 0.5) is 0 Å². The Morgan fingerprint density at radius 1 is 0.912 bits per heavy atom. The molecule has 0 heterocycles. The largest absolute Gasteiger partial charge is 0.507 e. The maximum Gasteiger partial charge on any atom is 0.321 e. The normalized spacial score (nSPS) is 12.1. The minimum atomic E-state index is -4.08. The van der Waals surface area contributed by atoms with Crippen LogP contribution < -0.4 is 10.0 Å². The van der Waals surface area contributed by atoms with Crippen LogP contribution in [0.15, 0.2) is 77.7 Å². The number of benzene rings is 3. The van der Waals surface area contributed by atoms with Gasteiger partial charge < -0.3 is 15.5 Å². The van der Waals surface area contributed by atoms with E-state index in [1.807, 2.05) is 12.1 Å². The zero-order valence-corrected chi connectivity index (χ0v) is 19.5. The molecule has 1 amide bonds. The predicted molar refractivity (Wildman–Crippen MR) is 128 cm³/mol. The Labute approximate surface area is 202 Å². The van der Waals surface area contributed by atoms with Gasteiger partial charge in [0, 0.05) is 11.6 Å². The van der Waals surface area contributed by atoms with Crippen molar-refractivity contribution < 1.29 is 28.2 Å². The van der Waals surface area contributed by atoms with Crippen LogP contribution in [-0.4, -0.2) is 43.1 Å². The Bertz CT molecular complexity index is 1260. The summed E-state index contributed by atoms with van der Waals surface area (Å²) >= 11 is 5.89. The minimum Gasteiger partial charge on any atom is -0.507 e. The number of nitrogens with one attached hydrogen (secondary N) is 2. The zero-order valence-electron chi connectivity index (χ0n) is 17.9. The number of aromatic hydroxyl groups is 1. The molecule has 0 saturated heterocycles. The highest BCUT2D eigenvalue weighted by Gasteiger charge is 2.25. The first-order valence-electron chi connectivity index (χ1n) is 10.3. The van der Waals surface area contributed by atoms with E-state index >= 15 is 0 Å². The predicted octanol–water partition coefficient (Wildman–Crippen LogP) is 3.65. The van der Waals surface area contributed by atoms with Crippen molar-refractivity contribution in [2.75, 3.05) is 6.54 Å². The number of amides is 1. The number of para-hydroxylation sites is 1. The Morgan fingerprint density at radius 3 is 2.09 bits per heavy atom. The summed E-state index contributed by atoms with van der Waals surface area (Å²) in [4.78, 5) is 23.6. The lowest BCUT2D eigenvalue weighted by atomic mass is 10.1. The fraction of sp³-hybridized carbons (Fsp3) is 0.167. The molecule has 0 aliphatic rings. The van der Waals surface area contributed by atoms with Gasteiger partial charge in [0.2, 0.25) is 10.0 Å². The van der Waals surface area contributed by atoms with E-state index < -0.39 is 27.9 Å². The number of hydrogen-bond acceptors (Lipinski definition) is 5. The number of phenols is 1. The van der Waals surface area contributed by atoms with E-state index in [9.17, 15) is 28.2 Å². The molecule has 0 saturated carbocycles. The van der Waals surface area contributed by atoms with Gasteiger partial charge in [-0.2, -0.15) is 4.72 Å². The van der Waals surface area contributed by atoms with Gasteiger partial charge in [-0.1, -0.05) is 48.0 Å². The number of sulfonamides is 1. The molecule has 1 atom stereocenters. The van der Waals surface area contributed by atoms with Gasteiger partial charge in [-0.25, -0.2) is 8.42 Å². The van der Waals surface area contributed by atoms with Crippen LogP contribution in [0.5, 0.6) is 5.75 Å². The Kier molecular flexibility index (Phi) is 8.27. The third-order valence-electron chi connectivity index (χ3n) is 5.04. The lowest BCUT2D eigenvalue weighted by molar-refractivity contribution is -0.139. The van der Waals surface area contributed by atoms with Gasteiger partial charge in [0.05, 0.1) is 10.5 Å². The molecule has 3 rings (SSSR count). The summed E-state index contributed by atoms with van der Waals surface area (Å²) in [6.45, 7) is 0.106. The molecule has 4 N–H and O–H groups in total. The molecule has 0 fully saturated rings. The second-order valence-corrected chi connectivity index (χ2v) is 9.61. The van der Waals surface area contributed by atoms with Crippen LogP contribution in [0.3, 0.4) is 0 Å². The summed E-state index contributed by atoms with van der Waals surface area (Å²) in [5.74, 6) is -2.00. The van der Waals surface area contributed by atoms with Crippen molar-refractivity contribution in [2.24, 2.45) is 0 Å². The Hall–Kier alpha value is -3.40. The standard InChI is InChI=1S/C24H23ClN2O6S/c25-18-11-7-16(8-12-18)17-9-13-19(14-10-17)34(32,33)27-21(24(30)31)5-3-15-26-23(29)20-4-1-2-6-22(20)28/h1-2,4,6-14,21,27-28H,3,5,15H2,(H,26,29)(H,30,31)/t21-/m0/s1. The van der Waals surface area contributed by atoms with E-state index in [0.717, 1.165) is 11.1 Å². The number of aliphatic carboxylic acids is 1. The molecule has 0 aliphatic heterocycles. The summed E-state index contributed by atoms with van der Waals surface area (Å²) < 4.78 is 27.6. The average Bonchev–Trinajstić information content (AvgIpc) is 2.81. The summed E-state index contributed by atoms with van der Waals surface area (Å²) in [5.41, 5.74) is 1.74. The van der Waals surface area contributed by atoms with E-state index in [1.165, 1.54) is 24.3 Å². The van der Waals surface area contributed by atoms with Crippen molar-refractivity contribution in [2.45, 2.75) is 23.8 Å². The van der Waals surface area contributed by atoms with Gasteiger partial charge in [0.25, 0.3) is 5.91 Å². The third-order valence-corrected chi connectivity index (χ3v) is 6.78. The molecule has 0 spiro atoms. The zero-order chi connectivity index (χ0) is 24.7. The van der Waals surface area contributed by atoms with E-state index in [2.05, 4.69) is 10.0 Å². The Morgan fingerprint density at radius 2 is 1.50 bits per heavy atom. The number of hydrogen-bond donors (Lipinski definition) is 4. The fourth-order valence-corrected chi connectivity index (χ4v) is 4.58. The molecule has 0 bridgehead atoms. The summed E-state index contributed by atoms with van der Waals surface area (Å²) in [6, 6.07) is 17.8. The third kappa shape index (κ3) is 6.57. The number of carboxylic acids is 1. The summed E-state index contributed by atoms with van der Waals surface area (Å²) in [7, 11) is -4.08. The number of carboxylic acid groups (broad SMARTS) is 1. The van der Waals surface area contributed by atoms with Gasteiger partial charge in [0.15, 0.2) is 0 Å². The molecule has 3 aromatic carbocycles. The number of carbonyl (C=O) groups excluding carboxylic acids is 1. The number of rotatable bonds is 10. The van der Waals surface area contributed by atoms with Crippen LogP contribution in [0.2, 0.25) is 5.02 Å². The topological polar surface area (TPSA) is 133 Å². The van der Waals surface area contributed by atoms with Crippen molar-refractivity contribution in [1.82, 2.24) is 10.0 Å². The molecular weight excluding hydrogens is 480 g/mol. The number of carbonyl (C=O) groups is 2.